The fourth-order valence-corrected chi connectivity index (χ4v) is 3.82. The van der Waals surface area contributed by atoms with Gasteiger partial charge < -0.3 is 15.5 Å². The lowest BCUT2D eigenvalue weighted by Gasteiger charge is -2.32. The summed E-state index contributed by atoms with van der Waals surface area (Å²) in [5.41, 5.74) is 1.83. The van der Waals surface area contributed by atoms with Gasteiger partial charge in [-0.05, 0) is 61.9 Å². The molecule has 29 heavy (non-hydrogen) atoms. The van der Waals surface area contributed by atoms with Crippen LogP contribution in [0.5, 0.6) is 0 Å². The van der Waals surface area contributed by atoms with Gasteiger partial charge in [-0.1, -0.05) is 41.9 Å². The highest BCUT2D eigenvalue weighted by molar-refractivity contribution is 6.30. The second-order valence-electron chi connectivity index (χ2n) is 7.63. The van der Waals surface area contributed by atoms with Crippen LogP contribution in [0.3, 0.4) is 0 Å². The predicted octanol–water partition coefficient (Wildman–Crippen LogP) is 5.24. The topological polar surface area (TPSA) is 61.4 Å². The Bertz CT molecular complexity index is 811. The van der Waals surface area contributed by atoms with Gasteiger partial charge in [-0.15, -0.1) is 0 Å². The van der Waals surface area contributed by atoms with E-state index >= 15 is 0 Å². The third-order valence-electron chi connectivity index (χ3n) is 5.36. The molecule has 0 aromatic heterocycles. The maximum absolute atomic E-state index is 12.5. The fourth-order valence-electron chi connectivity index (χ4n) is 3.69. The Kier molecular flexibility index (Phi) is 7.53. The maximum atomic E-state index is 12.5. The Labute approximate surface area is 177 Å². The van der Waals surface area contributed by atoms with Gasteiger partial charge in [-0.2, -0.15) is 0 Å². The van der Waals surface area contributed by atoms with E-state index < -0.39 is 0 Å². The van der Waals surface area contributed by atoms with E-state index in [0.29, 0.717) is 23.9 Å². The molecule has 5 nitrogen and oxygen atoms in total. The highest BCUT2D eigenvalue weighted by Gasteiger charge is 2.24. The van der Waals surface area contributed by atoms with Crippen molar-refractivity contribution in [2.24, 2.45) is 5.92 Å². The minimum absolute atomic E-state index is 0.00305. The van der Waals surface area contributed by atoms with Crippen LogP contribution in [0.4, 0.5) is 10.5 Å². The molecule has 1 heterocycles. The van der Waals surface area contributed by atoms with Gasteiger partial charge in [0.1, 0.15) is 0 Å². The van der Waals surface area contributed by atoms with Gasteiger partial charge in [0.2, 0.25) is 5.91 Å². The summed E-state index contributed by atoms with van der Waals surface area (Å²) < 4.78 is 0. The van der Waals surface area contributed by atoms with Gasteiger partial charge in [0.05, 0.1) is 6.04 Å². The smallest absolute Gasteiger partial charge is 0.321 e. The molecule has 0 bridgehead atoms. The fraction of sp³-hybridized carbons (Fsp3) is 0.391. The highest BCUT2D eigenvalue weighted by Crippen LogP contribution is 2.22. The summed E-state index contributed by atoms with van der Waals surface area (Å²) in [6.07, 6.45) is 3.28. The number of benzene rings is 2. The number of anilines is 1. The first-order valence-electron chi connectivity index (χ1n) is 10.2. The number of piperidine rings is 1. The normalized spacial score (nSPS) is 17.4. The number of rotatable bonds is 6. The number of amides is 3. The first-order valence-corrected chi connectivity index (χ1v) is 10.5. The Hall–Kier alpha value is -2.53. The Morgan fingerprint density at radius 2 is 1.86 bits per heavy atom. The Morgan fingerprint density at radius 3 is 2.59 bits per heavy atom. The highest BCUT2D eigenvalue weighted by atomic mass is 35.5. The van der Waals surface area contributed by atoms with Gasteiger partial charge in [0, 0.05) is 30.2 Å². The van der Waals surface area contributed by atoms with Crippen molar-refractivity contribution in [3.8, 4) is 0 Å². The van der Waals surface area contributed by atoms with Crippen LogP contribution in [-0.2, 0) is 4.79 Å². The van der Waals surface area contributed by atoms with Crippen LogP contribution in [0.15, 0.2) is 54.6 Å². The van der Waals surface area contributed by atoms with E-state index in [2.05, 4.69) is 10.6 Å². The average Bonchev–Trinajstić information content (AvgIpc) is 2.74. The first-order chi connectivity index (χ1) is 14.0. The molecule has 0 aliphatic carbocycles. The summed E-state index contributed by atoms with van der Waals surface area (Å²) in [5.74, 6) is 0.404. The molecule has 2 aromatic carbocycles. The molecule has 1 fully saturated rings. The first kappa shape index (κ1) is 21.2. The van der Waals surface area contributed by atoms with Crippen molar-refractivity contribution in [3.05, 3.63) is 65.2 Å². The molecular formula is C23H28ClN3O2. The van der Waals surface area contributed by atoms with E-state index in [1.807, 2.05) is 42.2 Å². The lowest BCUT2D eigenvalue weighted by molar-refractivity contribution is -0.122. The zero-order valence-electron chi connectivity index (χ0n) is 16.7. The summed E-state index contributed by atoms with van der Waals surface area (Å²) in [5, 5.41) is 6.62. The Morgan fingerprint density at radius 1 is 1.14 bits per heavy atom. The molecule has 2 atom stereocenters. The van der Waals surface area contributed by atoms with Crippen molar-refractivity contribution in [2.45, 2.75) is 38.6 Å². The summed E-state index contributed by atoms with van der Waals surface area (Å²) in [6.45, 7) is 3.42. The van der Waals surface area contributed by atoms with E-state index in [9.17, 15) is 9.59 Å². The van der Waals surface area contributed by atoms with Crippen molar-refractivity contribution in [2.75, 3.05) is 18.4 Å². The van der Waals surface area contributed by atoms with Crippen molar-refractivity contribution in [1.82, 2.24) is 10.2 Å². The monoisotopic (exact) mass is 413 g/mol. The number of hydrogen-bond acceptors (Lipinski definition) is 2. The number of carbonyl (C=O) groups excluding carboxylic acids is 2. The standard InChI is InChI=1S/C23H28ClN3O2/c1-17(19-7-3-2-4-8-19)25-22(28)14-9-18-6-5-15-27(16-18)23(29)26-21-12-10-20(24)11-13-21/h2-4,7-8,10-13,17-18H,5-6,9,14-16H2,1H3,(H,25,28)(H,26,29)/t17-,18+/m0/s1. The predicted molar refractivity (Wildman–Crippen MR) is 117 cm³/mol. The van der Waals surface area contributed by atoms with Crippen LogP contribution in [-0.4, -0.2) is 29.9 Å². The van der Waals surface area contributed by atoms with Crippen LogP contribution >= 0.6 is 11.6 Å². The number of likely N-dealkylation sites (tertiary alicyclic amines) is 1. The van der Waals surface area contributed by atoms with Crippen LogP contribution in [0.25, 0.3) is 0 Å². The third kappa shape index (κ3) is 6.50. The van der Waals surface area contributed by atoms with Crippen molar-refractivity contribution >= 4 is 29.2 Å². The molecule has 0 spiro atoms. The van der Waals surface area contributed by atoms with E-state index in [1.54, 1.807) is 24.3 Å². The largest absolute Gasteiger partial charge is 0.350 e. The van der Waals surface area contributed by atoms with Gasteiger partial charge in [0.25, 0.3) is 0 Å². The molecular weight excluding hydrogens is 386 g/mol. The van der Waals surface area contributed by atoms with Gasteiger partial charge in [0.15, 0.2) is 0 Å². The lowest BCUT2D eigenvalue weighted by atomic mass is 9.93. The van der Waals surface area contributed by atoms with Crippen LogP contribution in [0.2, 0.25) is 5.02 Å². The number of urea groups is 1. The SMILES string of the molecule is C[C@H](NC(=O)CC[C@H]1CCCN(C(=O)Nc2ccc(Cl)cc2)C1)c1ccccc1. The van der Waals surface area contributed by atoms with E-state index in [0.717, 1.165) is 37.1 Å². The van der Waals surface area contributed by atoms with Crippen molar-refractivity contribution < 1.29 is 9.59 Å². The van der Waals surface area contributed by atoms with Crippen LogP contribution < -0.4 is 10.6 Å². The minimum Gasteiger partial charge on any atom is -0.350 e. The number of nitrogens with zero attached hydrogens (tertiary/aromatic N) is 1. The lowest BCUT2D eigenvalue weighted by Crippen LogP contribution is -2.42. The van der Waals surface area contributed by atoms with E-state index in [-0.39, 0.29) is 18.0 Å². The average molecular weight is 414 g/mol. The molecule has 3 rings (SSSR count). The molecule has 1 aliphatic heterocycles. The molecule has 2 N–H and O–H groups in total. The van der Waals surface area contributed by atoms with Crippen molar-refractivity contribution in [1.29, 1.82) is 0 Å². The molecule has 1 saturated heterocycles. The minimum atomic E-state index is -0.0980. The summed E-state index contributed by atoms with van der Waals surface area (Å²) in [4.78, 5) is 26.7. The summed E-state index contributed by atoms with van der Waals surface area (Å²) >= 11 is 5.89. The Balaban J connectivity index is 1.43. The number of nitrogens with one attached hydrogen (secondary N) is 2. The molecule has 1 aliphatic rings. The quantitative estimate of drug-likeness (QED) is 0.680. The zero-order valence-corrected chi connectivity index (χ0v) is 17.5. The number of carbonyl (C=O) groups is 2. The van der Waals surface area contributed by atoms with Gasteiger partial charge in [-0.25, -0.2) is 4.79 Å². The van der Waals surface area contributed by atoms with Gasteiger partial charge >= 0.3 is 6.03 Å². The second-order valence-corrected chi connectivity index (χ2v) is 8.07. The molecule has 6 heteroatoms. The summed E-state index contributed by atoms with van der Waals surface area (Å²) in [7, 11) is 0. The maximum Gasteiger partial charge on any atom is 0.321 e. The molecule has 3 amide bonds. The zero-order chi connectivity index (χ0) is 20.6. The third-order valence-corrected chi connectivity index (χ3v) is 5.61. The summed E-state index contributed by atoms with van der Waals surface area (Å²) in [6, 6.07) is 16.9. The van der Waals surface area contributed by atoms with Crippen molar-refractivity contribution in [3.63, 3.8) is 0 Å². The molecule has 0 radical (unpaired) electrons. The number of halogens is 1. The molecule has 154 valence electrons. The second kappa shape index (κ2) is 10.3. The van der Waals surface area contributed by atoms with E-state index in [1.165, 1.54) is 0 Å². The van der Waals surface area contributed by atoms with Gasteiger partial charge in [-0.3, -0.25) is 4.79 Å². The molecule has 0 unspecified atom stereocenters. The molecule has 2 aromatic rings. The van der Waals surface area contributed by atoms with Crippen LogP contribution in [0.1, 0.15) is 44.2 Å². The van der Waals surface area contributed by atoms with Crippen LogP contribution in [0, 0.1) is 5.92 Å². The number of hydrogen-bond donors (Lipinski definition) is 2. The molecule has 0 saturated carbocycles. The van der Waals surface area contributed by atoms with E-state index in [4.69, 9.17) is 11.6 Å².